The normalized spacial score (nSPS) is 26.8. The van der Waals surface area contributed by atoms with E-state index in [1.54, 1.807) is 0 Å². The van der Waals surface area contributed by atoms with Crippen LogP contribution in [0.15, 0.2) is 4.99 Å². The minimum atomic E-state index is 0.228. The molecule has 5 heteroatoms. The fraction of sp³-hybridized carbons (Fsp3) is 0.923. The highest BCUT2D eigenvalue weighted by Crippen LogP contribution is 2.26. The summed E-state index contributed by atoms with van der Waals surface area (Å²) in [7, 11) is 0. The van der Waals surface area contributed by atoms with Gasteiger partial charge in [-0.15, -0.1) is 0 Å². The summed E-state index contributed by atoms with van der Waals surface area (Å²) in [4.78, 5) is 4.63. The van der Waals surface area contributed by atoms with Gasteiger partial charge >= 0.3 is 0 Å². The number of nitrogens with zero attached hydrogens (tertiary/aromatic N) is 1. The third-order valence-electron chi connectivity index (χ3n) is 3.39. The van der Waals surface area contributed by atoms with Crippen LogP contribution in [-0.2, 0) is 9.47 Å². The van der Waals surface area contributed by atoms with Gasteiger partial charge in [-0.25, -0.2) is 0 Å². The van der Waals surface area contributed by atoms with E-state index in [4.69, 9.17) is 9.47 Å². The first-order valence-electron chi connectivity index (χ1n) is 6.93. The summed E-state index contributed by atoms with van der Waals surface area (Å²) < 4.78 is 10.8. The second kappa shape index (κ2) is 6.38. The molecule has 2 saturated heterocycles. The minimum absolute atomic E-state index is 0.228. The topological polar surface area (TPSA) is 54.9 Å². The Morgan fingerprint density at radius 1 is 1.39 bits per heavy atom. The molecule has 0 aliphatic carbocycles. The lowest BCUT2D eigenvalue weighted by molar-refractivity contribution is -0.0945. The Morgan fingerprint density at radius 2 is 2.22 bits per heavy atom. The molecule has 0 saturated carbocycles. The zero-order valence-electron chi connectivity index (χ0n) is 11.5. The fourth-order valence-corrected chi connectivity index (χ4v) is 2.17. The Bertz CT molecular complexity index is 284. The molecule has 2 N–H and O–H groups in total. The molecule has 2 fully saturated rings. The molecule has 0 radical (unpaired) electrons. The van der Waals surface area contributed by atoms with E-state index in [0.29, 0.717) is 6.10 Å². The number of hydrogen-bond donors (Lipinski definition) is 2. The molecule has 18 heavy (non-hydrogen) atoms. The van der Waals surface area contributed by atoms with Crippen LogP contribution in [0.2, 0.25) is 0 Å². The summed E-state index contributed by atoms with van der Waals surface area (Å²) >= 11 is 0. The van der Waals surface area contributed by atoms with Crippen LogP contribution in [0.1, 0.15) is 26.7 Å². The summed E-state index contributed by atoms with van der Waals surface area (Å²) in [6, 6.07) is 0. The Labute approximate surface area is 109 Å². The first-order valence-corrected chi connectivity index (χ1v) is 6.93. The lowest BCUT2D eigenvalue weighted by Gasteiger charge is -2.36. The summed E-state index contributed by atoms with van der Waals surface area (Å²) in [5.41, 5.74) is 0.228. The van der Waals surface area contributed by atoms with Crippen molar-refractivity contribution in [1.82, 2.24) is 10.6 Å². The number of ether oxygens (including phenoxy) is 2. The van der Waals surface area contributed by atoms with Gasteiger partial charge < -0.3 is 20.1 Å². The molecule has 104 valence electrons. The molecule has 2 aliphatic heterocycles. The number of nitrogens with one attached hydrogen (secondary N) is 2. The molecule has 2 rings (SSSR count). The zero-order valence-corrected chi connectivity index (χ0v) is 11.5. The van der Waals surface area contributed by atoms with E-state index < -0.39 is 0 Å². The summed E-state index contributed by atoms with van der Waals surface area (Å²) in [5, 5.41) is 6.63. The minimum Gasteiger partial charge on any atom is -0.380 e. The van der Waals surface area contributed by atoms with E-state index in [-0.39, 0.29) is 5.41 Å². The van der Waals surface area contributed by atoms with Gasteiger partial charge in [0.1, 0.15) is 0 Å². The van der Waals surface area contributed by atoms with Crippen molar-refractivity contribution in [1.29, 1.82) is 0 Å². The van der Waals surface area contributed by atoms with Gasteiger partial charge in [-0.2, -0.15) is 0 Å². The molecule has 5 nitrogen and oxygen atoms in total. The van der Waals surface area contributed by atoms with E-state index in [1.165, 1.54) is 6.42 Å². The van der Waals surface area contributed by atoms with E-state index in [2.05, 4.69) is 29.5 Å². The second-order valence-electron chi connectivity index (χ2n) is 5.51. The maximum Gasteiger partial charge on any atom is 0.191 e. The van der Waals surface area contributed by atoms with Gasteiger partial charge in [0.05, 0.1) is 25.9 Å². The lowest BCUT2D eigenvalue weighted by atomic mass is 9.89. The summed E-state index contributed by atoms with van der Waals surface area (Å²) in [6.45, 7) is 9.37. The standard InChI is InChI=1S/C13H25N3O2/c1-3-14-12(15-7-11-5-4-6-18-11)16-8-13(2)9-17-10-13/h11H,3-10H2,1-2H3,(H2,14,15,16). The van der Waals surface area contributed by atoms with Crippen LogP contribution in [0.4, 0.5) is 0 Å². The molecule has 2 aliphatic rings. The molecular formula is C13H25N3O2. The highest BCUT2D eigenvalue weighted by Gasteiger charge is 2.33. The maximum atomic E-state index is 5.59. The third kappa shape index (κ3) is 3.85. The molecule has 0 spiro atoms. The molecule has 0 aromatic carbocycles. The lowest BCUT2D eigenvalue weighted by Crippen LogP contribution is -2.45. The van der Waals surface area contributed by atoms with Crippen LogP contribution >= 0.6 is 0 Å². The molecule has 0 bridgehead atoms. The van der Waals surface area contributed by atoms with E-state index >= 15 is 0 Å². The first-order chi connectivity index (χ1) is 8.72. The fourth-order valence-electron chi connectivity index (χ4n) is 2.17. The Hall–Kier alpha value is -0.810. The van der Waals surface area contributed by atoms with Crippen molar-refractivity contribution in [2.24, 2.45) is 10.4 Å². The Morgan fingerprint density at radius 3 is 2.78 bits per heavy atom. The van der Waals surface area contributed by atoms with Crippen molar-refractivity contribution in [3.05, 3.63) is 0 Å². The largest absolute Gasteiger partial charge is 0.380 e. The van der Waals surface area contributed by atoms with E-state index in [9.17, 15) is 0 Å². The van der Waals surface area contributed by atoms with Gasteiger partial charge in [0.2, 0.25) is 0 Å². The average molecular weight is 255 g/mol. The smallest absolute Gasteiger partial charge is 0.191 e. The van der Waals surface area contributed by atoms with Crippen molar-refractivity contribution in [2.45, 2.75) is 32.8 Å². The summed E-state index contributed by atoms with van der Waals surface area (Å²) in [5.74, 6) is 0.890. The predicted octanol–water partition coefficient (Wildman–Crippen LogP) is 0.757. The molecule has 2 heterocycles. The third-order valence-corrected chi connectivity index (χ3v) is 3.39. The van der Waals surface area contributed by atoms with Crippen LogP contribution in [0.5, 0.6) is 0 Å². The van der Waals surface area contributed by atoms with Crippen molar-refractivity contribution in [3.8, 4) is 0 Å². The molecule has 1 atom stereocenters. The number of hydrogen-bond acceptors (Lipinski definition) is 3. The quantitative estimate of drug-likeness (QED) is 0.562. The number of rotatable bonds is 5. The zero-order chi connectivity index (χ0) is 12.8. The maximum absolute atomic E-state index is 5.59. The average Bonchev–Trinajstić information content (AvgIpc) is 2.83. The van der Waals surface area contributed by atoms with Gasteiger partial charge in [0.25, 0.3) is 0 Å². The van der Waals surface area contributed by atoms with Crippen molar-refractivity contribution < 1.29 is 9.47 Å². The van der Waals surface area contributed by atoms with Gasteiger partial charge in [0, 0.05) is 25.1 Å². The van der Waals surface area contributed by atoms with Gasteiger partial charge in [0.15, 0.2) is 5.96 Å². The van der Waals surface area contributed by atoms with Crippen molar-refractivity contribution in [2.75, 3.05) is 39.5 Å². The Balaban J connectivity index is 1.76. The van der Waals surface area contributed by atoms with Crippen molar-refractivity contribution in [3.63, 3.8) is 0 Å². The monoisotopic (exact) mass is 255 g/mol. The van der Waals surface area contributed by atoms with Gasteiger partial charge in [-0.3, -0.25) is 4.99 Å². The van der Waals surface area contributed by atoms with E-state index in [1.807, 2.05) is 0 Å². The molecule has 0 aromatic heterocycles. The highest BCUT2D eigenvalue weighted by atomic mass is 16.5. The van der Waals surface area contributed by atoms with Gasteiger partial charge in [-0.05, 0) is 19.8 Å². The molecule has 0 aromatic rings. The molecular weight excluding hydrogens is 230 g/mol. The van der Waals surface area contributed by atoms with Crippen LogP contribution in [-0.4, -0.2) is 51.5 Å². The summed E-state index contributed by atoms with van der Waals surface area (Å²) in [6.07, 6.45) is 2.67. The predicted molar refractivity (Wildman–Crippen MR) is 71.9 cm³/mol. The molecule has 1 unspecified atom stereocenters. The SMILES string of the molecule is CCNC(=NCC1(C)COC1)NCC1CCCO1. The van der Waals surface area contributed by atoms with Crippen LogP contribution in [0.25, 0.3) is 0 Å². The van der Waals surface area contributed by atoms with E-state index in [0.717, 1.165) is 51.8 Å². The highest BCUT2D eigenvalue weighted by molar-refractivity contribution is 5.79. The first kappa shape index (κ1) is 13.6. The van der Waals surface area contributed by atoms with Crippen LogP contribution in [0, 0.1) is 5.41 Å². The van der Waals surface area contributed by atoms with Crippen LogP contribution < -0.4 is 10.6 Å². The van der Waals surface area contributed by atoms with Crippen LogP contribution in [0.3, 0.4) is 0 Å². The molecule has 0 amide bonds. The number of guanidine groups is 1. The van der Waals surface area contributed by atoms with Crippen molar-refractivity contribution >= 4 is 5.96 Å². The number of aliphatic imine (C=N–C) groups is 1. The Kier molecular flexibility index (Phi) is 4.83. The van der Waals surface area contributed by atoms with Gasteiger partial charge in [-0.1, -0.05) is 6.92 Å². The second-order valence-corrected chi connectivity index (χ2v) is 5.51.